The van der Waals surface area contributed by atoms with E-state index >= 15 is 0 Å². The lowest BCUT2D eigenvalue weighted by Gasteiger charge is -2.05. The van der Waals surface area contributed by atoms with Crippen LogP contribution in [0.2, 0.25) is 0 Å². The van der Waals surface area contributed by atoms with E-state index in [0.717, 1.165) is 45.5 Å². The Morgan fingerprint density at radius 2 is 1.92 bits per heavy atom. The molecule has 0 aliphatic carbocycles. The highest BCUT2D eigenvalue weighted by Gasteiger charge is 2.10. The van der Waals surface area contributed by atoms with E-state index in [4.69, 9.17) is 5.73 Å². The van der Waals surface area contributed by atoms with Crippen LogP contribution in [0.5, 0.6) is 0 Å². The zero-order valence-electron chi connectivity index (χ0n) is 14.2. The van der Waals surface area contributed by atoms with E-state index in [1.165, 1.54) is 0 Å². The van der Waals surface area contributed by atoms with Crippen LogP contribution in [-0.2, 0) is 0 Å². The van der Waals surface area contributed by atoms with Gasteiger partial charge >= 0.3 is 0 Å². The van der Waals surface area contributed by atoms with Crippen molar-refractivity contribution in [3.05, 3.63) is 82.0 Å². The molecule has 1 atom stereocenters. The average molecular weight is 330 g/mol. The van der Waals surface area contributed by atoms with Crippen molar-refractivity contribution in [1.82, 2.24) is 15.3 Å². The summed E-state index contributed by atoms with van der Waals surface area (Å²) in [6, 6.07) is 8.54. The van der Waals surface area contributed by atoms with Gasteiger partial charge in [0.25, 0.3) is 0 Å². The Morgan fingerprint density at radius 3 is 2.84 bits per heavy atom. The molecule has 0 saturated carbocycles. The van der Waals surface area contributed by atoms with Gasteiger partial charge in [0.1, 0.15) is 0 Å². The summed E-state index contributed by atoms with van der Waals surface area (Å²) >= 11 is 0. The monoisotopic (exact) mass is 330 g/mol. The molecule has 0 radical (unpaired) electrons. The summed E-state index contributed by atoms with van der Waals surface area (Å²) in [5.41, 5.74) is 11.2. The van der Waals surface area contributed by atoms with Crippen LogP contribution < -0.4 is 21.7 Å². The van der Waals surface area contributed by atoms with Gasteiger partial charge in [0.2, 0.25) is 0 Å². The van der Waals surface area contributed by atoms with E-state index in [-0.39, 0.29) is 6.04 Å². The zero-order valence-corrected chi connectivity index (χ0v) is 14.2. The zero-order chi connectivity index (χ0) is 17.2. The number of aromatic nitrogens is 2. The SMILES string of the molecule is C/C1=C(N)\C=C/C/C=c2/cc/c([nH]2)=C/C2C=C/C(=C/c3ccc1[nH]3)N2. The van der Waals surface area contributed by atoms with Crippen molar-refractivity contribution in [2.45, 2.75) is 19.4 Å². The van der Waals surface area contributed by atoms with Crippen LogP contribution in [0, 0.1) is 0 Å². The van der Waals surface area contributed by atoms with Crippen molar-refractivity contribution in [2.24, 2.45) is 5.73 Å². The third-order valence-electron chi connectivity index (χ3n) is 4.53. The molecule has 126 valence electrons. The number of hydrogen-bond acceptors (Lipinski definition) is 2. The highest BCUT2D eigenvalue weighted by atomic mass is 14.9. The number of aromatic amines is 2. The molecule has 2 aliphatic heterocycles. The Hall–Kier alpha value is -3.14. The molecule has 0 aromatic carbocycles. The van der Waals surface area contributed by atoms with Gasteiger partial charge in [-0.25, -0.2) is 0 Å². The summed E-state index contributed by atoms with van der Waals surface area (Å²) in [5.74, 6) is 0. The first-order chi connectivity index (χ1) is 12.2. The van der Waals surface area contributed by atoms with Gasteiger partial charge < -0.3 is 21.0 Å². The van der Waals surface area contributed by atoms with Crippen molar-refractivity contribution < 1.29 is 0 Å². The van der Waals surface area contributed by atoms with Gasteiger partial charge in [-0.2, -0.15) is 0 Å². The van der Waals surface area contributed by atoms with Gasteiger partial charge in [-0.15, -0.1) is 0 Å². The van der Waals surface area contributed by atoms with E-state index in [2.05, 4.69) is 76.0 Å². The second-order valence-electron chi connectivity index (χ2n) is 6.41. The minimum atomic E-state index is 0.194. The summed E-state index contributed by atoms with van der Waals surface area (Å²) < 4.78 is 0. The van der Waals surface area contributed by atoms with E-state index in [1.54, 1.807) is 0 Å². The molecule has 0 fully saturated rings. The molecule has 1 unspecified atom stereocenters. The predicted molar refractivity (Wildman–Crippen MR) is 104 cm³/mol. The molecule has 25 heavy (non-hydrogen) atoms. The summed E-state index contributed by atoms with van der Waals surface area (Å²) in [6.45, 7) is 2.04. The maximum atomic E-state index is 6.22. The van der Waals surface area contributed by atoms with Crippen molar-refractivity contribution in [2.75, 3.05) is 0 Å². The molecule has 0 amide bonds. The third-order valence-corrected chi connectivity index (χ3v) is 4.53. The standard InChI is InChI=1S/C21H22N4/c1-14-20(22)5-3-2-4-15-6-7-16(23-15)12-17-8-9-18(24-17)13-19-10-11-21(14)25-19/h3-13,17,23-25H,2,22H2,1H3/b5-3-,15-4-,16-12-,18-13-,20-14-. The van der Waals surface area contributed by atoms with Crippen molar-refractivity contribution in [1.29, 1.82) is 0 Å². The molecule has 2 aromatic heterocycles. The molecule has 0 saturated heterocycles. The maximum absolute atomic E-state index is 6.22. The molecule has 4 nitrogen and oxygen atoms in total. The number of hydrogen-bond donors (Lipinski definition) is 4. The van der Waals surface area contributed by atoms with Crippen LogP contribution in [0.3, 0.4) is 0 Å². The van der Waals surface area contributed by atoms with Gasteiger partial charge in [0.05, 0.1) is 6.04 Å². The minimum absolute atomic E-state index is 0.194. The van der Waals surface area contributed by atoms with Crippen LogP contribution in [0.4, 0.5) is 0 Å². The lowest BCUT2D eigenvalue weighted by Crippen LogP contribution is -2.22. The second-order valence-corrected chi connectivity index (χ2v) is 6.41. The molecular formula is C21H22N4. The van der Waals surface area contributed by atoms with Crippen LogP contribution in [0.25, 0.3) is 23.8 Å². The Kier molecular flexibility index (Phi) is 3.94. The van der Waals surface area contributed by atoms with Crippen LogP contribution >= 0.6 is 0 Å². The summed E-state index contributed by atoms with van der Waals surface area (Å²) in [4.78, 5) is 6.85. The summed E-state index contributed by atoms with van der Waals surface area (Å²) in [7, 11) is 0. The van der Waals surface area contributed by atoms with Gasteiger partial charge in [-0.1, -0.05) is 18.2 Å². The van der Waals surface area contributed by atoms with Gasteiger partial charge in [0, 0.05) is 33.5 Å². The molecular weight excluding hydrogens is 308 g/mol. The topological polar surface area (TPSA) is 69.6 Å². The molecule has 4 heterocycles. The number of nitrogens with two attached hydrogens (primary N) is 1. The van der Waals surface area contributed by atoms with Gasteiger partial charge in [-0.3, -0.25) is 0 Å². The summed E-state index contributed by atoms with van der Waals surface area (Å²) in [6.07, 6.45) is 15.6. The molecule has 4 rings (SSSR count). The van der Waals surface area contributed by atoms with Gasteiger partial charge in [-0.05, 0) is 67.5 Å². The van der Waals surface area contributed by atoms with Crippen molar-refractivity contribution in [3.8, 4) is 0 Å². The number of nitrogens with one attached hydrogen (secondary N) is 3. The largest absolute Gasteiger partial charge is 0.398 e. The van der Waals surface area contributed by atoms with E-state index in [9.17, 15) is 0 Å². The predicted octanol–water partition coefficient (Wildman–Crippen LogP) is 2.12. The number of fused-ring (bicyclic) bond motifs is 6. The highest BCUT2D eigenvalue weighted by Crippen LogP contribution is 2.18. The van der Waals surface area contributed by atoms with Crippen molar-refractivity contribution in [3.63, 3.8) is 0 Å². The maximum Gasteiger partial charge on any atom is 0.0655 e. The third kappa shape index (κ3) is 3.38. The number of H-pyrrole nitrogens is 2. The fourth-order valence-corrected chi connectivity index (χ4v) is 3.08. The molecule has 2 aromatic rings. The molecule has 4 heteroatoms. The van der Waals surface area contributed by atoms with E-state index in [1.807, 2.05) is 13.0 Å². The average Bonchev–Trinajstić information content (AvgIpc) is 3.33. The van der Waals surface area contributed by atoms with Crippen LogP contribution in [0.15, 0.2) is 60.0 Å². The number of rotatable bonds is 0. The first-order valence-corrected chi connectivity index (χ1v) is 8.53. The molecule has 5 N–H and O–H groups in total. The second kappa shape index (κ2) is 6.40. The highest BCUT2D eigenvalue weighted by molar-refractivity contribution is 5.68. The quantitative estimate of drug-likeness (QED) is 0.598. The Labute approximate surface area is 146 Å². The first-order valence-electron chi connectivity index (χ1n) is 8.53. The Morgan fingerprint density at radius 1 is 1.04 bits per heavy atom. The minimum Gasteiger partial charge on any atom is -0.398 e. The Balaban J connectivity index is 1.78. The molecule has 2 aliphatic rings. The molecule has 0 spiro atoms. The first kappa shape index (κ1) is 15.4. The van der Waals surface area contributed by atoms with Crippen LogP contribution in [0.1, 0.15) is 24.7 Å². The molecule has 6 bridgehead atoms. The Bertz CT molecular complexity index is 1020. The number of allylic oxidation sites excluding steroid dienone is 4. The van der Waals surface area contributed by atoms with E-state index in [0.29, 0.717) is 0 Å². The smallest absolute Gasteiger partial charge is 0.0655 e. The lowest BCUT2D eigenvalue weighted by atomic mass is 10.1. The van der Waals surface area contributed by atoms with Crippen LogP contribution in [-0.4, -0.2) is 16.0 Å². The fraction of sp³-hybridized carbons (Fsp3) is 0.143. The van der Waals surface area contributed by atoms with E-state index < -0.39 is 0 Å². The fourth-order valence-electron chi connectivity index (χ4n) is 3.08. The van der Waals surface area contributed by atoms with Gasteiger partial charge in [0.15, 0.2) is 0 Å². The normalized spacial score (nSPS) is 28.7. The summed E-state index contributed by atoms with van der Waals surface area (Å²) in [5, 5.41) is 5.73. The lowest BCUT2D eigenvalue weighted by molar-refractivity contribution is 0.879. The van der Waals surface area contributed by atoms with Crippen molar-refractivity contribution >= 4 is 23.8 Å².